The number of hydrogen-bond acceptors (Lipinski definition) is 6. The van der Waals surface area contributed by atoms with E-state index in [1.54, 1.807) is 18.7 Å². The Hall–Kier alpha value is -1.06. The summed E-state index contributed by atoms with van der Waals surface area (Å²) < 4.78 is 5.36. The van der Waals surface area contributed by atoms with E-state index < -0.39 is 0 Å². The molecule has 1 N–H and O–H groups in total. The van der Waals surface area contributed by atoms with E-state index in [1.165, 1.54) is 12.8 Å². The summed E-state index contributed by atoms with van der Waals surface area (Å²) in [5, 5.41) is 21.7. The Kier molecular flexibility index (Phi) is 3.99. The van der Waals surface area contributed by atoms with Gasteiger partial charge in [-0.05, 0) is 38.0 Å². The second-order valence-corrected chi connectivity index (χ2v) is 6.86. The van der Waals surface area contributed by atoms with Crippen LogP contribution in [-0.2, 0) is 0 Å². The molecule has 2 saturated carbocycles. The lowest BCUT2D eigenvalue weighted by molar-refractivity contribution is 0.307. The van der Waals surface area contributed by atoms with E-state index >= 15 is 0 Å². The van der Waals surface area contributed by atoms with Gasteiger partial charge in [-0.15, -0.1) is 10.2 Å². The predicted molar refractivity (Wildman–Crippen MR) is 76.2 cm³/mol. The number of aryl methyl sites for hydroxylation is 1. The van der Waals surface area contributed by atoms with Crippen LogP contribution in [0, 0.1) is 24.2 Å². The summed E-state index contributed by atoms with van der Waals surface area (Å²) in [4.78, 5) is 0. The summed E-state index contributed by atoms with van der Waals surface area (Å²) >= 11 is 1.60. The molecule has 0 spiro atoms. The second kappa shape index (κ2) is 5.74. The van der Waals surface area contributed by atoms with Crippen molar-refractivity contribution in [3.8, 4) is 6.07 Å². The highest BCUT2D eigenvalue weighted by atomic mass is 32.2. The zero-order valence-corrected chi connectivity index (χ0v) is 12.6. The van der Waals surface area contributed by atoms with E-state index in [-0.39, 0.29) is 5.54 Å². The third-order valence-electron chi connectivity index (χ3n) is 4.26. The van der Waals surface area contributed by atoms with E-state index in [0.717, 1.165) is 31.4 Å². The maximum atomic E-state index is 9.62. The molecule has 1 aromatic heterocycles. The van der Waals surface area contributed by atoms with Crippen LogP contribution in [0.4, 0.5) is 0 Å². The van der Waals surface area contributed by atoms with Crippen molar-refractivity contribution in [1.29, 1.82) is 5.26 Å². The summed E-state index contributed by atoms with van der Waals surface area (Å²) in [5.74, 6) is 1.99. The highest BCUT2D eigenvalue weighted by Crippen LogP contribution is 2.40. The third-order valence-corrected chi connectivity index (χ3v) is 5.11. The highest BCUT2D eigenvalue weighted by molar-refractivity contribution is 7.99. The van der Waals surface area contributed by atoms with Crippen LogP contribution < -0.4 is 5.32 Å². The first-order valence-electron chi connectivity index (χ1n) is 7.34. The molecule has 0 saturated heterocycles. The number of thioether (sulfide) groups is 1. The van der Waals surface area contributed by atoms with Crippen LogP contribution in [0.1, 0.15) is 44.4 Å². The molecule has 0 aliphatic heterocycles. The van der Waals surface area contributed by atoms with Gasteiger partial charge in [-0.1, -0.05) is 18.2 Å². The van der Waals surface area contributed by atoms with Crippen molar-refractivity contribution < 1.29 is 4.42 Å². The molecular weight excluding hydrogens is 272 g/mol. The van der Waals surface area contributed by atoms with Crippen LogP contribution in [0.25, 0.3) is 0 Å². The summed E-state index contributed by atoms with van der Waals surface area (Å²) in [7, 11) is 0. The van der Waals surface area contributed by atoms with Gasteiger partial charge in [-0.25, -0.2) is 0 Å². The molecule has 20 heavy (non-hydrogen) atoms. The minimum absolute atomic E-state index is 0.285. The van der Waals surface area contributed by atoms with Crippen molar-refractivity contribution in [3.63, 3.8) is 0 Å². The number of nitrogens with one attached hydrogen (secondary N) is 1. The van der Waals surface area contributed by atoms with Crippen molar-refractivity contribution in [3.05, 3.63) is 5.89 Å². The molecule has 3 rings (SSSR count). The van der Waals surface area contributed by atoms with Crippen LogP contribution in [0.15, 0.2) is 9.64 Å². The maximum Gasteiger partial charge on any atom is 0.276 e. The number of nitrogens with zero attached hydrogens (tertiary/aromatic N) is 3. The van der Waals surface area contributed by atoms with Gasteiger partial charge in [0.1, 0.15) is 5.54 Å². The summed E-state index contributed by atoms with van der Waals surface area (Å²) in [6.45, 7) is 1.80. The quantitative estimate of drug-likeness (QED) is 0.812. The molecule has 2 aliphatic carbocycles. The Morgan fingerprint density at radius 1 is 1.45 bits per heavy atom. The van der Waals surface area contributed by atoms with E-state index in [4.69, 9.17) is 4.42 Å². The fourth-order valence-corrected chi connectivity index (χ4v) is 3.91. The van der Waals surface area contributed by atoms with Crippen LogP contribution in [0.5, 0.6) is 0 Å². The molecule has 0 bridgehead atoms. The van der Waals surface area contributed by atoms with Crippen LogP contribution in [0.3, 0.4) is 0 Å². The largest absolute Gasteiger partial charge is 0.416 e. The Labute approximate surface area is 123 Å². The molecule has 2 fully saturated rings. The number of aromatic nitrogens is 2. The number of nitriles is 1. The predicted octanol–water partition coefficient (Wildman–Crippen LogP) is 2.67. The number of hydrogen-bond donors (Lipinski definition) is 1. The lowest BCUT2D eigenvalue weighted by Gasteiger charge is -2.30. The van der Waals surface area contributed by atoms with Crippen molar-refractivity contribution >= 4 is 11.8 Å². The smallest absolute Gasteiger partial charge is 0.276 e. The molecule has 5 nitrogen and oxygen atoms in total. The van der Waals surface area contributed by atoms with E-state index in [9.17, 15) is 5.26 Å². The van der Waals surface area contributed by atoms with Gasteiger partial charge >= 0.3 is 0 Å². The summed E-state index contributed by atoms with van der Waals surface area (Å²) in [5.41, 5.74) is -0.285. The molecule has 2 aliphatic rings. The Morgan fingerprint density at radius 3 is 2.95 bits per heavy atom. The molecule has 2 atom stereocenters. The first-order valence-corrected chi connectivity index (χ1v) is 8.32. The van der Waals surface area contributed by atoms with Crippen LogP contribution >= 0.6 is 11.8 Å². The number of rotatable bonds is 6. The van der Waals surface area contributed by atoms with Gasteiger partial charge in [0.25, 0.3) is 5.22 Å². The zero-order chi connectivity index (χ0) is 14.0. The SMILES string of the molecule is Cc1nnc(SCCC2CCCC2(C#N)NC2CC2)o1. The lowest BCUT2D eigenvalue weighted by Crippen LogP contribution is -2.48. The van der Waals surface area contributed by atoms with Crippen molar-refractivity contribution in [2.75, 3.05) is 5.75 Å². The van der Waals surface area contributed by atoms with Gasteiger partial charge in [0.2, 0.25) is 5.89 Å². The Bertz CT molecular complexity index is 508. The van der Waals surface area contributed by atoms with E-state index in [1.807, 2.05) is 0 Å². The molecular formula is C14H20N4OS. The monoisotopic (exact) mass is 292 g/mol. The molecule has 2 unspecified atom stereocenters. The maximum absolute atomic E-state index is 9.62. The van der Waals surface area contributed by atoms with Crippen molar-refractivity contribution in [2.24, 2.45) is 5.92 Å². The van der Waals surface area contributed by atoms with Crippen molar-refractivity contribution in [2.45, 2.75) is 62.3 Å². The average molecular weight is 292 g/mol. The molecule has 108 valence electrons. The third kappa shape index (κ3) is 2.99. The molecule has 1 aromatic rings. The van der Waals surface area contributed by atoms with Crippen LogP contribution in [0.2, 0.25) is 0 Å². The summed E-state index contributed by atoms with van der Waals surface area (Å²) in [6.07, 6.45) is 6.78. The van der Waals surface area contributed by atoms with Gasteiger partial charge in [0, 0.05) is 18.7 Å². The van der Waals surface area contributed by atoms with Crippen LogP contribution in [-0.4, -0.2) is 27.5 Å². The molecule has 1 heterocycles. The van der Waals surface area contributed by atoms with Crippen molar-refractivity contribution in [1.82, 2.24) is 15.5 Å². The molecule has 0 amide bonds. The molecule has 0 radical (unpaired) electrons. The first kappa shape index (κ1) is 13.9. The lowest BCUT2D eigenvalue weighted by atomic mass is 9.86. The fraction of sp³-hybridized carbons (Fsp3) is 0.786. The van der Waals surface area contributed by atoms with Gasteiger partial charge in [0.15, 0.2) is 0 Å². The normalized spacial score (nSPS) is 29.5. The second-order valence-electron chi connectivity index (χ2n) is 5.82. The zero-order valence-electron chi connectivity index (χ0n) is 11.8. The van der Waals surface area contributed by atoms with Gasteiger partial charge < -0.3 is 4.42 Å². The Morgan fingerprint density at radius 2 is 2.30 bits per heavy atom. The summed E-state index contributed by atoms with van der Waals surface area (Å²) in [6, 6.07) is 3.16. The van der Waals surface area contributed by atoms with E-state index in [0.29, 0.717) is 23.1 Å². The van der Waals surface area contributed by atoms with Gasteiger partial charge in [-0.2, -0.15) is 5.26 Å². The Balaban J connectivity index is 1.54. The topological polar surface area (TPSA) is 74.7 Å². The average Bonchev–Trinajstić information content (AvgIpc) is 3.01. The molecule has 0 aromatic carbocycles. The van der Waals surface area contributed by atoms with Gasteiger partial charge in [-0.3, -0.25) is 5.32 Å². The molecule has 6 heteroatoms. The standard InChI is InChI=1S/C14H20N4OS/c1-10-17-18-13(19-10)20-8-6-11-3-2-7-14(11,9-15)16-12-4-5-12/h11-12,16H,2-8H2,1H3. The van der Waals surface area contributed by atoms with Gasteiger partial charge in [0.05, 0.1) is 6.07 Å². The van der Waals surface area contributed by atoms with E-state index in [2.05, 4.69) is 21.6 Å². The highest BCUT2D eigenvalue weighted by Gasteiger charge is 2.45. The first-order chi connectivity index (χ1) is 9.72. The minimum Gasteiger partial charge on any atom is -0.416 e. The fourth-order valence-electron chi connectivity index (χ4n) is 3.06. The minimum atomic E-state index is -0.285.